The summed E-state index contributed by atoms with van der Waals surface area (Å²) in [5, 5.41) is 3.02. The fraction of sp³-hybridized carbons (Fsp3) is 0.385. The number of amides is 1. The van der Waals surface area contributed by atoms with E-state index in [0.29, 0.717) is 17.1 Å². The van der Waals surface area contributed by atoms with Gasteiger partial charge in [-0.05, 0) is 12.1 Å². The van der Waals surface area contributed by atoms with Gasteiger partial charge in [-0.3, -0.25) is 9.59 Å². The minimum atomic E-state index is -0.168. The van der Waals surface area contributed by atoms with Crippen molar-refractivity contribution in [1.82, 2.24) is 5.32 Å². The minimum Gasteiger partial charge on any atom is -0.373 e. The first-order valence-corrected chi connectivity index (χ1v) is 6.05. The second-order valence-corrected chi connectivity index (χ2v) is 4.59. The largest absolute Gasteiger partial charge is 0.373 e. The summed E-state index contributed by atoms with van der Waals surface area (Å²) < 4.78 is 0. The first-order chi connectivity index (χ1) is 8.51. The summed E-state index contributed by atoms with van der Waals surface area (Å²) in [7, 11) is 3.44. The van der Waals surface area contributed by atoms with E-state index < -0.39 is 0 Å². The molecule has 0 bridgehead atoms. The molecule has 1 unspecified atom stereocenters. The molecule has 1 amide bonds. The number of hydrogen-bond acceptors (Lipinski definition) is 3. The van der Waals surface area contributed by atoms with Gasteiger partial charge in [-0.15, -0.1) is 0 Å². The zero-order chi connectivity index (χ0) is 13.7. The molecule has 5 heteroatoms. The van der Waals surface area contributed by atoms with Crippen molar-refractivity contribution in [1.29, 1.82) is 0 Å². The van der Waals surface area contributed by atoms with E-state index in [1.54, 1.807) is 19.2 Å². The predicted octanol–water partition coefficient (Wildman–Crippen LogP) is 1.97. The highest BCUT2D eigenvalue weighted by atomic mass is 35.5. The highest BCUT2D eigenvalue weighted by molar-refractivity contribution is 6.33. The molecule has 1 N–H and O–H groups in total. The molecule has 0 saturated heterocycles. The van der Waals surface area contributed by atoms with Crippen molar-refractivity contribution in [2.45, 2.75) is 6.92 Å². The molecule has 0 radical (unpaired) electrons. The van der Waals surface area contributed by atoms with Crippen molar-refractivity contribution in [3.8, 4) is 0 Å². The molecule has 1 aromatic rings. The van der Waals surface area contributed by atoms with Crippen LogP contribution < -0.4 is 10.2 Å². The summed E-state index contributed by atoms with van der Waals surface area (Å²) in [6, 6.07) is 5.27. The van der Waals surface area contributed by atoms with Crippen molar-refractivity contribution in [3.63, 3.8) is 0 Å². The first-order valence-electron chi connectivity index (χ1n) is 5.67. The lowest BCUT2D eigenvalue weighted by Gasteiger charge is -2.24. The van der Waals surface area contributed by atoms with E-state index in [9.17, 15) is 9.59 Å². The molecule has 0 heterocycles. The number of carbonyl (C=O) groups excluding carboxylic acids is 2. The fourth-order valence-electron chi connectivity index (χ4n) is 1.81. The average molecular weight is 269 g/mol. The summed E-state index contributed by atoms with van der Waals surface area (Å²) in [4.78, 5) is 24.4. The first kappa shape index (κ1) is 14.5. The van der Waals surface area contributed by atoms with Crippen LogP contribution in [0.25, 0.3) is 0 Å². The van der Waals surface area contributed by atoms with Gasteiger partial charge in [-0.25, -0.2) is 0 Å². The second-order valence-electron chi connectivity index (χ2n) is 4.19. The number of halogens is 1. The molecule has 1 rings (SSSR count). The number of rotatable bonds is 5. The lowest BCUT2D eigenvalue weighted by atomic mass is 10.1. The SMILES string of the molecule is CNC(=O)C(C)CN(C)c1cccc(Cl)c1C=O. The zero-order valence-electron chi connectivity index (χ0n) is 10.7. The Morgan fingerprint density at radius 2 is 2.22 bits per heavy atom. The molecule has 18 heavy (non-hydrogen) atoms. The van der Waals surface area contributed by atoms with Crippen molar-refractivity contribution in [2.24, 2.45) is 5.92 Å². The molecule has 0 spiro atoms. The highest BCUT2D eigenvalue weighted by Gasteiger charge is 2.16. The monoisotopic (exact) mass is 268 g/mol. The van der Waals surface area contributed by atoms with Crippen LogP contribution in [0.1, 0.15) is 17.3 Å². The Hall–Kier alpha value is -1.55. The molecular weight excluding hydrogens is 252 g/mol. The third-order valence-corrected chi connectivity index (χ3v) is 3.13. The highest BCUT2D eigenvalue weighted by Crippen LogP contribution is 2.25. The van der Waals surface area contributed by atoms with Gasteiger partial charge in [0, 0.05) is 26.3 Å². The molecule has 0 aromatic heterocycles. The van der Waals surface area contributed by atoms with Gasteiger partial charge in [0.25, 0.3) is 0 Å². The lowest BCUT2D eigenvalue weighted by molar-refractivity contribution is -0.123. The van der Waals surface area contributed by atoms with Crippen LogP contribution in [-0.2, 0) is 4.79 Å². The summed E-state index contributed by atoms with van der Waals surface area (Å²) in [5.74, 6) is -0.199. The summed E-state index contributed by atoms with van der Waals surface area (Å²) in [5.41, 5.74) is 1.18. The number of benzene rings is 1. The summed E-state index contributed by atoms with van der Waals surface area (Å²) >= 11 is 5.96. The van der Waals surface area contributed by atoms with Crippen LogP contribution in [-0.4, -0.2) is 32.8 Å². The number of aldehydes is 1. The van der Waals surface area contributed by atoms with Gasteiger partial charge in [0.2, 0.25) is 5.91 Å². The van der Waals surface area contributed by atoms with Crippen LogP contribution >= 0.6 is 11.6 Å². The van der Waals surface area contributed by atoms with E-state index in [4.69, 9.17) is 11.6 Å². The van der Waals surface area contributed by atoms with Crippen molar-refractivity contribution >= 4 is 29.5 Å². The average Bonchev–Trinajstić information content (AvgIpc) is 2.37. The molecule has 4 nitrogen and oxygen atoms in total. The normalized spacial score (nSPS) is 11.8. The number of anilines is 1. The van der Waals surface area contributed by atoms with Gasteiger partial charge >= 0.3 is 0 Å². The van der Waals surface area contributed by atoms with Gasteiger partial charge in [0.05, 0.1) is 16.5 Å². The summed E-state index contributed by atoms with van der Waals surface area (Å²) in [6.07, 6.45) is 0.735. The Balaban J connectivity index is 2.91. The van der Waals surface area contributed by atoms with Gasteiger partial charge in [-0.1, -0.05) is 24.6 Å². The third kappa shape index (κ3) is 3.23. The van der Waals surface area contributed by atoms with Crippen molar-refractivity contribution in [2.75, 3.05) is 25.5 Å². The third-order valence-electron chi connectivity index (χ3n) is 2.80. The van der Waals surface area contributed by atoms with E-state index in [1.807, 2.05) is 24.9 Å². The fourth-order valence-corrected chi connectivity index (χ4v) is 2.03. The molecule has 98 valence electrons. The second kappa shape index (κ2) is 6.40. The Morgan fingerprint density at radius 3 is 2.78 bits per heavy atom. The van der Waals surface area contributed by atoms with E-state index >= 15 is 0 Å². The van der Waals surface area contributed by atoms with Crippen LogP contribution in [0.2, 0.25) is 5.02 Å². The van der Waals surface area contributed by atoms with E-state index in [2.05, 4.69) is 5.32 Å². The Labute approximate surface area is 112 Å². The minimum absolute atomic E-state index is 0.0310. The van der Waals surface area contributed by atoms with Crippen molar-refractivity contribution < 1.29 is 9.59 Å². The number of nitrogens with one attached hydrogen (secondary N) is 1. The molecule has 0 saturated carbocycles. The Morgan fingerprint density at radius 1 is 1.56 bits per heavy atom. The van der Waals surface area contributed by atoms with Crippen molar-refractivity contribution in [3.05, 3.63) is 28.8 Å². The van der Waals surface area contributed by atoms with Crippen LogP contribution in [0, 0.1) is 5.92 Å². The molecule has 0 aliphatic heterocycles. The van der Waals surface area contributed by atoms with Gasteiger partial charge < -0.3 is 10.2 Å². The smallest absolute Gasteiger partial charge is 0.224 e. The van der Waals surface area contributed by atoms with Gasteiger partial charge in [-0.2, -0.15) is 0 Å². The van der Waals surface area contributed by atoms with Gasteiger partial charge in [0.15, 0.2) is 6.29 Å². The molecule has 0 fully saturated rings. The van der Waals surface area contributed by atoms with Crippen LogP contribution in [0.5, 0.6) is 0 Å². The van der Waals surface area contributed by atoms with Crippen LogP contribution in [0.4, 0.5) is 5.69 Å². The predicted molar refractivity (Wildman–Crippen MR) is 73.3 cm³/mol. The number of hydrogen-bond donors (Lipinski definition) is 1. The molecule has 1 atom stereocenters. The maximum Gasteiger partial charge on any atom is 0.224 e. The molecule has 0 aliphatic carbocycles. The maximum absolute atomic E-state index is 11.5. The van der Waals surface area contributed by atoms with Crippen LogP contribution in [0.15, 0.2) is 18.2 Å². The lowest BCUT2D eigenvalue weighted by Crippen LogP contribution is -2.34. The zero-order valence-corrected chi connectivity index (χ0v) is 11.5. The maximum atomic E-state index is 11.5. The topological polar surface area (TPSA) is 49.4 Å². The van der Waals surface area contributed by atoms with E-state index in [1.165, 1.54) is 0 Å². The van der Waals surface area contributed by atoms with E-state index in [0.717, 1.165) is 12.0 Å². The molecule has 1 aromatic carbocycles. The van der Waals surface area contributed by atoms with Gasteiger partial charge in [0.1, 0.15) is 0 Å². The van der Waals surface area contributed by atoms with Crippen LogP contribution in [0.3, 0.4) is 0 Å². The Kier molecular flexibility index (Phi) is 5.16. The Bertz CT molecular complexity index is 449. The standard InChI is InChI=1S/C13H17ClN2O2/c1-9(13(18)15-2)7-16(3)12-6-4-5-11(14)10(12)8-17/h4-6,8-9H,7H2,1-3H3,(H,15,18). The quantitative estimate of drug-likeness (QED) is 0.831. The number of carbonyl (C=O) groups is 2. The summed E-state index contributed by atoms with van der Waals surface area (Å²) in [6.45, 7) is 2.35. The number of nitrogens with zero attached hydrogens (tertiary/aromatic N) is 1. The van der Waals surface area contributed by atoms with E-state index in [-0.39, 0.29) is 11.8 Å². The molecular formula is C13H17ClN2O2. The molecule has 0 aliphatic rings.